The summed E-state index contributed by atoms with van der Waals surface area (Å²) in [5.41, 5.74) is 1.16. The summed E-state index contributed by atoms with van der Waals surface area (Å²) < 4.78 is 15.3. The SMILES string of the molecule is Cc1cccc2c(=O)n(CC(=O)N3CCN(C(=O)c4cc(Cl)ccc4F)CC3)cnc12. The molecule has 9 heteroatoms. The molecular formula is C22H20ClFN4O3. The van der Waals surface area contributed by atoms with Crippen molar-refractivity contribution in [2.75, 3.05) is 26.2 Å². The third kappa shape index (κ3) is 4.16. The Morgan fingerprint density at radius 1 is 1.10 bits per heavy atom. The predicted octanol–water partition coefficient (Wildman–Crippen LogP) is 2.48. The fourth-order valence-electron chi connectivity index (χ4n) is 3.69. The van der Waals surface area contributed by atoms with E-state index in [4.69, 9.17) is 11.6 Å². The Labute approximate surface area is 182 Å². The number of nitrogens with zero attached hydrogens (tertiary/aromatic N) is 4. The first-order chi connectivity index (χ1) is 14.8. The molecule has 3 aromatic rings. The van der Waals surface area contributed by atoms with Crippen LogP contribution in [-0.2, 0) is 11.3 Å². The fourth-order valence-corrected chi connectivity index (χ4v) is 3.86. The standard InChI is InChI=1S/C22H20ClFN4O3/c1-14-3-2-4-16-20(14)25-13-28(21(16)30)12-19(29)26-7-9-27(10-8-26)22(31)17-11-15(23)5-6-18(17)24/h2-6,11,13H,7-10,12H2,1H3. The molecule has 1 fully saturated rings. The van der Waals surface area contributed by atoms with Gasteiger partial charge < -0.3 is 9.80 Å². The Hall–Kier alpha value is -3.26. The van der Waals surface area contributed by atoms with Gasteiger partial charge >= 0.3 is 0 Å². The topological polar surface area (TPSA) is 75.5 Å². The van der Waals surface area contributed by atoms with E-state index in [1.54, 1.807) is 17.0 Å². The summed E-state index contributed by atoms with van der Waals surface area (Å²) in [6.45, 7) is 2.86. The van der Waals surface area contributed by atoms with Crippen molar-refractivity contribution in [1.29, 1.82) is 0 Å². The van der Waals surface area contributed by atoms with Gasteiger partial charge in [0.2, 0.25) is 5.91 Å². The maximum atomic E-state index is 14.0. The van der Waals surface area contributed by atoms with Crippen molar-refractivity contribution in [1.82, 2.24) is 19.4 Å². The van der Waals surface area contributed by atoms with Gasteiger partial charge in [-0.2, -0.15) is 0 Å². The number of piperazine rings is 1. The van der Waals surface area contributed by atoms with E-state index in [0.29, 0.717) is 24.0 Å². The molecular weight excluding hydrogens is 423 g/mol. The molecule has 1 aliphatic heterocycles. The van der Waals surface area contributed by atoms with E-state index in [2.05, 4.69) is 4.98 Å². The molecule has 1 aromatic heterocycles. The number of hydrogen-bond donors (Lipinski definition) is 0. The summed E-state index contributed by atoms with van der Waals surface area (Å²) in [7, 11) is 0. The summed E-state index contributed by atoms with van der Waals surface area (Å²) in [5.74, 6) is -1.33. The van der Waals surface area contributed by atoms with Crippen molar-refractivity contribution in [3.05, 3.63) is 75.0 Å². The van der Waals surface area contributed by atoms with Crippen LogP contribution in [0.3, 0.4) is 0 Å². The summed E-state index contributed by atoms with van der Waals surface area (Å²) in [6, 6.07) is 9.20. The minimum absolute atomic E-state index is 0.0867. The Bertz CT molecular complexity index is 1240. The summed E-state index contributed by atoms with van der Waals surface area (Å²) in [6.07, 6.45) is 1.39. The molecule has 0 saturated carbocycles. The van der Waals surface area contributed by atoms with Gasteiger partial charge in [0.25, 0.3) is 11.5 Å². The van der Waals surface area contributed by atoms with Gasteiger partial charge in [0.15, 0.2) is 0 Å². The molecule has 0 N–H and O–H groups in total. The summed E-state index contributed by atoms with van der Waals surface area (Å²) in [5, 5.41) is 0.748. The number of aromatic nitrogens is 2. The number of fused-ring (bicyclic) bond motifs is 1. The highest BCUT2D eigenvalue weighted by Gasteiger charge is 2.26. The second-order valence-corrected chi connectivity index (χ2v) is 7.88. The van der Waals surface area contributed by atoms with Crippen LogP contribution in [0, 0.1) is 12.7 Å². The summed E-state index contributed by atoms with van der Waals surface area (Å²) in [4.78, 5) is 45.4. The van der Waals surface area contributed by atoms with E-state index >= 15 is 0 Å². The third-order valence-electron chi connectivity index (χ3n) is 5.44. The molecule has 0 spiro atoms. The number of amides is 2. The van der Waals surface area contributed by atoms with Crippen LogP contribution >= 0.6 is 11.6 Å². The van der Waals surface area contributed by atoms with Crippen LogP contribution in [0.25, 0.3) is 10.9 Å². The Morgan fingerprint density at radius 2 is 1.81 bits per heavy atom. The number of carbonyl (C=O) groups excluding carboxylic acids is 2. The normalized spacial score (nSPS) is 14.2. The highest BCUT2D eigenvalue weighted by molar-refractivity contribution is 6.31. The van der Waals surface area contributed by atoms with Crippen molar-refractivity contribution in [2.24, 2.45) is 0 Å². The average Bonchev–Trinajstić information content (AvgIpc) is 2.77. The zero-order valence-electron chi connectivity index (χ0n) is 16.8. The van der Waals surface area contributed by atoms with Crippen molar-refractivity contribution in [3.63, 3.8) is 0 Å². The van der Waals surface area contributed by atoms with Gasteiger partial charge in [0, 0.05) is 31.2 Å². The van der Waals surface area contributed by atoms with E-state index in [-0.39, 0.29) is 41.7 Å². The second kappa shape index (κ2) is 8.47. The monoisotopic (exact) mass is 442 g/mol. The molecule has 2 heterocycles. The predicted molar refractivity (Wildman–Crippen MR) is 115 cm³/mol. The zero-order valence-corrected chi connectivity index (χ0v) is 17.6. The molecule has 0 bridgehead atoms. The molecule has 2 amide bonds. The van der Waals surface area contributed by atoms with Crippen molar-refractivity contribution in [2.45, 2.75) is 13.5 Å². The molecule has 1 aliphatic rings. The quantitative estimate of drug-likeness (QED) is 0.624. The number of aryl methyl sites for hydroxylation is 1. The first kappa shape index (κ1) is 21.0. The zero-order chi connectivity index (χ0) is 22.1. The van der Waals surface area contributed by atoms with Crippen LogP contribution in [0.2, 0.25) is 5.02 Å². The van der Waals surface area contributed by atoms with E-state index in [0.717, 1.165) is 11.6 Å². The minimum Gasteiger partial charge on any atom is -0.338 e. The van der Waals surface area contributed by atoms with Crippen LogP contribution in [-0.4, -0.2) is 57.3 Å². The summed E-state index contributed by atoms with van der Waals surface area (Å²) >= 11 is 5.88. The van der Waals surface area contributed by atoms with E-state index in [1.165, 1.54) is 27.9 Å². The molecule has 0 atom stereocenters. The maximum absolute atomic E-state index is 14.0. The number of halogens is 2. The fraction of sp³-hybridized carbons (Fsp3) is 0.273. The van der Waals surface area contributed by atoms with Gasteiger partial charge in [-0.25, -0.2) is 9.37 Å². The van der Waals surface area contributed by atoms with E-state index < -0.39 is 11.7 Å². The first-order valence-corrected chi connectivity index (χ1v) is 10.2. The second-order valence-electron chi connectivity index (χ2n) is 7.45. The van der Waals surface area contributed by atoms with Crippen LogP contribution in [0.15, 0.2) is 47.5 Å². The van der Waals surface area contributed by atoms with Crippen LogP contribution < -0.4 is 5.56 Å². The number of rotatable bonds is 3. The molecule has 4 rings (SSSR count). The first-order valence-electron chi connectivity index (χ1n) is 9.82. The third-order valence-corrected chi connectivity index (χ3v) is 5.67. The lowest BCUT2D eigenvalue weighted by Crippen LogP contribution is -2.51. The number of carbonyl (C=O) groups is 2. The molecule has 31 heavy (non-hydrogen) atoms. The van der Waals surface area contributed by atoms with Gasteiger partial charge in [-0.1, -0.05) is 23.7 Å². The van der Waals surface area contributed by atoms with Gasteiger partial charge in [0.1, 0.15) is 12.4 Å². The molecule has 0 aliphatic carbocycles. The van der Waals surface area contributed by atoms with Crippen molar-refractivity contribution in [3.8, 4) is 0 Å². The lowest BCUT2D eigenvalue weighted by molar-refractivity contribution is -0.133. The van der Waals surface area contributed by atoms with Gasteiger partial charge in [-0.05, 0) is 36.8 Å². The van der Waals surface area contributed by atoms with Gasteiger partial charge in [0.05, 0.1) is 22.8 Å². The molecule has 160 valence electrons. The molecule has 7 nitrogen and oxygen atoms in total. The highest BCUT2D eigenvalue weighted by atomic mass is 35.5. The number of benzene rings is 2. The number of hydrogen-bond acceptors (Lipinski definition) is 4. The van der Waals surface area contributed by atoms with Gasteiger partial charge in [-0.15, -0.1) is 0 Å². The van der Waals surface area contributed by atoms with Crippen LogP contribution in [0.5, 0.6) is 0 Å². The molecule has 2 aromatic carbocycles. The Balaban J connectivity index is 1.42. The van der Waals surface area contributed by atoms with Crippen molar-refractivity contribution >= 4 is 34.3 Å². The molecule has 0 unspecified atom stereocenters. The number of para-hydroxylation sites is 1. The highest BCUT2D eigenvalue weighted by Crippen LogP contribution is 2.18. The van der Waals surface area contributed by atoms with Crippen LogP contribution in [0.1, 0.15) is 15.9 Å². The van der Waals surface area contributed by atoms with E-state index in [9.17, 15) is 18.8 Å². The van der Waals surface area contributed by atoms with Crippen LogP contribution in [0.4, 0.5) is 4.39 Å². The Kier molecular flexibility index (Phi) is 5.73. The largest absolute Gasteiger partial charge is 0.338 e. The van der Waals surface area contributed by atoms with Gasteiger partial charge in [-0.3, -0.25) is 19.0 Å². The smallest absolute Gasteiger partial charge is 0.261 e. The molecule has 0 radical (unpaired) electrons. The lowest BCUT2D eigenvalue weighted by atomic mass is 10.1. The van der Waals surface area contributed by atoms with E-state index in [1.807, 2.05) is 13.0 Å². The average molecular weight is 443 g/mol. The maximum Gasteiger partial charge on any atom is 0.261 e. The minimum atomic E-state index is -0.633. The van der Waals surface area contributed by atoms with Crippen molar-refractivity contribution < 1.29 is 14.0 Å². The Morgan fingerprint density at radius 3 is 2.55 bits per heavy atom. The lowest BCUT2D eigenvalue weighted by Gasteiger charge is -2.35. The molecule has 1 saturated heterocycles.